The minimum Gasteiger partial charge on any atom is -0.381 e. The second kappa shape index (κ2) is 9.97. The molecule has 0 aliphatic carbocycles. The monoisotopic (exact) mass is 488 g/mol. The normalized spacial score (nSPS) is 14.5. The van der Waals surface area contributed by atoms with Crippen LogP contribution in [0.25, 0.3) is 11.0 Å². The van der Waals surface area contributed by atoms with Crippen molar-refractivity contribution in [3.8, 4) is 0 Å². The van der Waals surface area contributed by atoms with Gasteiger partial charge in [0.1, 0.15) is 0 Å². The smallest absolute Gasteiger partial charge is 0.255 e. The molecule has 2 N–H and O–H groups in total. The van der Waals surface area contributed by atoms with Gasteiger partial charge in [0.25, 0.3) is 5.91 Å². The summed E-state index contributed by atoms with van der Waals surface area (Å²) in [6.07, 6.45) is 4.92. The standard InChI is InChI=1S/C23H26Cl2N6O2/c1-3-31-22-18(13-28-31)21(29-17-6-8-30(9-7-17)14(2)32)19(12-26-22)23(33)27-11-15-4-5-16(24)10-20(15)25/h4-5,10,12-13,17H,3,6-9,11H2,1-2H3,(H,26,29)(H,27,33). The van der Waals surface area contributed by atoms with Crippen LogP contribution >= 0.6 is 23.2 Å². The first-order valence-corrected chi connectivity index (χ1v) is 11.7. The maximum atomic E-state index is 13.2. The Bertz CT molecular complexity index is 1190. The van der Waals surface area contributed by atoms with Gasteiger partial charge in [0.15, 0.2) is 5.65 Å². The third-order valence-corrected chi connectivity index (χ3v) is 6.54. The van der Waals surface area contributed by atoms with E-state index in [1.807, 2.05) is 11.8 Å². The maximum Gasteiger partial charge on any atom is 0.255 e. The molecule has 0 atom stereocenters. The molecule has 33 heavy (non-hydrogen) atoms. The molecule has 174 valence electrons. The highest BCUT2D eigenvalue weighted by molar-refractivity contribution is 6.35. The number of pyridine rings is 1. The molecule has 1 fully saturated rings. The number of nitrogens with one attached hydrogen (secondary N) is 2. The van der Waals surface area contributed by atoms with E-state index < -0.39 is 0 Å². The van der Waals surface area contributed by atoms with Crippen molar-refractivity contribution in [2.24, 2.45) is 0 Å². The molecular formula is C23H26Cl2N6O2. The number of piperidine rings is 1. The molecule has 3 aromatic rings. The minimum atomic E-state index is -0.261. The van der Waals surface area contributed by atoms with Gasteiger partial charge in [-0.1, -0.05) is 29.3 Å². The van der Waals surface area contributed by atoms with Crippen LogP contribution in [-0.2, 0) is 17.9 Å². The van der Waals surface area contributed by atoms with Crippen molar-refractivity contribution in [1.82, 2.24) is 25.0 Å². The van der Waals surface area contributed by atoms with Gasteiger partial charge in [-0.15, -0.1) is 0 Å². The molecule has 8 nitrogen and oxygen atoms in total. The largest absolute Gasteiger partial charge is 0.381 e. The van der Waals surface area contributed by atoms with Crippen LogP contribution in [0.3, 0.4) is 0 Å². The van der Waals surface area contributed by atoms with E-state index in [1.165, 1.54) is 0 Å². The second-order valence-corrected chi connectivity index (χ2v) is 8.93. The van der Waals surface area contributed by atoms with Crippen LogP contribution in [0.1, 0.15) is 42.6 Å². The van der Waals surface area contributed by atoms with Crippen LogP contribution in [0.4, 0.5) is 5.69 Å². The molecule has 0 saturated carbocycles. The van der Waals surface area contributed by atoms with E-state index in [2.05, 4.69) is 20.7 Å². The Kier molecular flexibility index (Phi) is 7.05. The summed E-state index contributed by atoms with van der Waals surface area (Å²) in [6, 6.07) is 5.31. The predicted octanol–water partition coefficient (Wildman–Crippen LogP) is 4.11. The number of aromatic nitrogens is 3. The van der Waals surface area contributed by atoms with Crippen LogP contribution < -0.4 is 10.6 Å². The molecular weight excluding hydrogens is 463 g/mol. The van der Waals surface area contributed by atoms with Gasteiger partial charge in [-0.2, -0.15) is 5.10 Å². The fraction of sp³-hybridized carbons (Fsp3) is 0.391. The SMILES string of the molecule is CCn1ncc2c(NC3CCN(C(C)=O)CC3)c(C(=O)NCc3ccc(Cl)cc3Cl)cnc21. The summed E-state index contributed by atoms with van der Waals surface area (Å²) in [5.74, 6) is -0.173. The zero-order valence-electron chi connectivity index (χ0n) is 18.6. The average Bonchev–Trinajstić information content (AvgIpc) is 3.22. The lowest BCUT2D eigenvalue weighted by atomic mass is 10.0. The summed E-state index contributed by atoms with van der Waals surface area (Å²) in [5, 5.41) is 12.7. The maximum absolute atomic E-state index is 13.2. The van der Waals surface area contributed by atoms with Crippen molar-refractivity contribution < 1.29 is 9.59 Å². The van der Waals surface area contributed by atoms with Crippen molar-refractivity contribution in [2.45, 2.75) is 45.8 Å². The van der Waals surface area contributed by atoms with Gasteiger partial charge >= 0.3 is 0 Å². The van der Waals surface area contributed by atoms with E-state index in [1.54, 1.807) is 42.2 Å². The van der Waals surface area contributed by atoms with Crippen LogP contribution in [0.15, 0.2) is 30.6 Å². The fourth-order valence-electron chi connectivity index (χ4n) is 4.06. The third kappa shape index (κ3) is 5.07. The highest BCUT2D eigenvalue weighted by Crippen LogP contribution is 2.29. The van der Waals surface area contributed by atoms with E-state index in [9.17, 15) is 9.59 Å². The van der Waals surface area contributed by atoms with Crippen molar-refractivity contribution in [2.75, 3.05) is 18.4 Å². The first-order chi connectivity index (χ1) is 15.9. The quantitative estimate of drug-likeness (QED) is 0.544. The number of halogens is 2. The Balaban J connectivity index is 1.59. The molecule has 1 aromatic carbocycles. The highest BCUT2D eigenvalue weighted by Gasteiger charge is 2.24. The number of fused-ring (bicyclic) bond motifs is 1. The number of hydrogen-bond donors (Lipinski definition) is 2. The minimum absolute atomic E-state index is 0.0879. The lowest BCUT2D eigenvalue weighted by Gasteiger charge is -2.32. The molecule has 3 heterocycles. The number of amides is 2. The number of benzene rings is 1. The van der Waals surface area contributed by atoms with Crippen molar-refractivity contribution in [3.63, 3.8) is 0 Å². The number of aryl methyl sites for hydroxylation is 1. The van der Waals surface area contributed by atoms with E-state index in [-0.39, 0.29) is 24.4 Å². The summed E-state index contributed by atoms with van der Waals surface area (Å²) >= 11 is 12.2. The molecule has 2 aromatic heterocycles. The highest BCUT2D eigenvalue weighted by atomic mass is 35.5. The number of hydrogen-bond acceptors (Lipinski definition) is 5. The third-order valence-electron chi connectivity index (χ3n) is 5.95. The Morgan fingerprint density at radius 1 is 1.18 bits per heavy atom. The van der Waals surface area contributed by atoms with Crippen molar-refractivity contribution >= 4 is 51.7 Å². The van der Waals surface area contributed by atoms with Gasteiger partial charge in [-0.05, 0) is 37.5 Å². The molecule has 0 spiro atoms. The van der Waals surface area contributed by atoms with Gasteiger partial charge in [-0.25, -0.2) is 9.67 Å². The first kappa shape index (κ1) is 23.3. The molecule has 1 saturated heterocycles. The summed E-state index contributed by atoms with van der Waals surface area (Å²) < 4.78 is 1.80. The van der Waals surface area contributed by atoms with Crippen molar-refractivity contribution in [3.05, 3.63) is 51.8 Å². The van der Waals surface area contributed by atoms with Gasteiger partial charge in [0.05, 0.1) is 22.8 Å². The average molecular weight is 489 g/mol. The van der Waals surface area contributed by atoms with E-state index in [0.29, 0.717) is 40.9 Å². The molecule has 2 amide bonds. The van der Waals surface area contributed by atoms with Gasteiger partial charge < -0.3 is 15.5 Å². The topological polar surface area (TPSA) is 92.2 Å². The van der Waals surface area contributed by atoms with E-state index in [0.717, 1.165) is 29.4 Å². The van der Waals surface area contributed by atoms with E-state index in [4.69, 9.17) is 23.2 Å². The Hall–Kier alpha value is -2.84. The lowest BCUT2D eigenvalue weighted by molar-refractivity contribution is -0.129. The molecule has 0 unspecified atom stereocenters. The molecule has 0 radical (unpaired) electrons. The lowest BCUT2D eigenvalue weighted by Crippen LogP contribution is -2.41. The second-order valence-electron chi connectivity index (χ2n) is 8.09. The zero-order valence-corrected chi connectivity index (χ0v) is 20.1. The first-order valence-electron chi connectivity index (χ1n) is 11.0. The summed E-state index contributed by atoms with van der Waals surface area (Å²) in [6.45, 7) is 5.90. The molecule has 4 rings (SSSR count). The van der Waals surface area contributed by atoms with Gasteiger partial charge in [0, 0.05) is 55.4 Å². The summed E-state index contributed by atoms with van der Waals surface area (Å²) in [7, 11) is 0. The summed E-state index contributed by atoms with van der Waals surface area (Å²) in [4.78, 5) is 31.2. The number of nitrogens with zero attached hydrogens (tertiary/aromatic N) is 4. The van der Waals surface area contributed by atoms with E-state index >= 15 is 0 Å². The molecule has 10 heteroatoms. The van der Waals surface area contributed by atoms with Crippen molar-refractivity contribution in [1.29, 1.82) is 0 Å². The fourth-order valence-corrected chi connectivity index (χ4v) is 4.54. The molecule has 1 aliphatic heterocycles. The van der Waals surface area contributed by atoms with Gasteiger partial charge in [0.2, 0.25) is 5.91 Å². The molecule has 0 bridgehead atoms. The van der Waals surface area contributed by atoms with Gasteiger partial charge in [-0.3, -0.25) is 9.59 Å². The zero-order chi connectivity index (χ0) is 23.5. The number of rotatable bonds is 6. The Labute approximate surface area is 202 Å². The predicted molar refractivity (Wildman–Crippen MR) is 130 cm³/mol. The van der Waals surface area contributed by atoms with Crippen LogP contribution in [0, 0.1) is 0 Å². The summed E-state index contributed by atoms with van der Waals surface area (Å²) in [5.41, 5.74) is 2.64. The van der Waals surface area contributed by atoms with Crippen LogP contribution in [-0.4, -0.2) is 50.6 Å². The number of likely N-dealkylation sites (tertiary alicyclic amines) is 1. The molecule has 1 aliphatic rings. The van der Waals surface area contributed by atoms with Crippen LogP contribution in [0.5, 0.6) is 0 Å². The number of anilines is 1. The number of carbonyl (C=O) groups excluding carboxylic acids is 2. The Morgan fingerprint density at radius 2 is 1.94 bits per heavy atom. The Morgan fingerprint density at radius 3 is 2.61 bits per heavy atom. The van der Waals surface area contributed by atoms with Crippen LogP contribution in [0.2, 0.25) is 10.0 Å². The number of carbonyl (C=O) groups is 2.